The molecule has 4 rings (SSSR count). The molecule has 0 bridgehead atoms. The number of amides is 1. The van der Waals surface area contributed by atoms with Gasteiger partial charge in [0.1, 0.15) is 5.69 Å². The molecule has 3 aromatic rings. The van der Waals surface area contributed by atoms with E-state index in [1.807, 2.05) is 54.6 Å². The Balaban J connectivity index is 1.57. The molecule has 1 amide bonds. The summed E-state index contributed by atoms with van der Waals surface area (Å²) in [5.41, 5.74) is 2.64. The van der Waals surface area contributed by atoms with Gasteiger partial charge in [-0.15, -0.1) is 0 Å². The highest BCUT2D eigenvalue weighted by Crippen LogP contribution is 2.30. The molecule has 31 heavy (non-hydrogen) atoms. The number of ether oxygens (including phenoxy) is 1. The molecule has 8 nitrogen and oxygen atoms in total. The third kappa shape index (κ3) is 4.81. The van der Waals surface area contributed by atoms with Crippen molar-refractivity contribution in [2.75, 3.05) is 41.8 Å². The zero-order valence-electron chi connectivity index (χ0n) is 16.8. The molecule has 0 aliphatic carbocycles. The van der Waals surface area contributed by atoms with Gasteiger partial charge in [-0.25, -0.2) is 0 Å². The van der Waals surface area contributed by atoms with E-state index in [2.05, 4.69) is 15.5 Å². The summed E-state index contributed by atoms with van der Waals surface area (Å²) in [7, 11) is 0. The Morgan fingerprint density at radius 3 is 2.39 bits per heavy atom. The summed E-state index contributed by atoms with van der Waals surface area (Å²) in [6.45, 7) is 2.73. The summed E-state index contributed by atoms with van der Waals surface area (Å²) in [5, 5.41) is 17.5. The van der Waals surface area contributed by atoms with Gasteiger partial charge in [-0.2, -0.15) is 0 Å². The van der Waals surface area contributed by atoms with Gasteiger partial charge in [-0.05, 0) is 36.4 Å². The summed E-state index contributed by atoms with van der Waals surface area (Å²) in [4.78, 5) is 26.2. The first-order valence-corrected chi connectivity index (χ1v) is 9.95. The number of hydrogen-bond acceptors (Lipinski definition) is 6. The van der Waals surface area contributed by atoms with E-state index in [9.17, 15) is 14.9 Å². The van der Waals surface area contributed by atoms with Crippen molar-refractivity contribution in [1.82, 2.24) is 0 Å². The van der Waals surface area contributed by atoms with E-state index in [0.717, 1.165) is 24.5 Å². The molecule has 1 aliphatic heterocycles. The number of carbonyl (C=O) groups excluding carboxylic acids is 1. The Morgan fingerprint density at radius 1 is 0.935 bits per heavy atom. The number of rotatable bonds is 6. The van der Waals surface area contributed by atoms with Crippen molar-refractivity contribution in [3.8, 4) is 0 Å². The van der Waals surface area contributed by atoms with Crippen molar-refractivity contribution >= 4 is 34.3 Å². The van der Waals surface area contributed by atoms with E-state index in [4.69, 9.17) is 4.74 Å². The lowest BCUT2D eigenvalue weighted by Crippen LogP contribution is -2.36. The number of nitro benzene ring substituents is 1. The van der Waals surface area contributed by atoms with E-state index in [1.54, 1.807) is 12.1 Å². The van der Waals surface area contributed by atoms with Crippen LogP contribution < -0.4 is 15.5 Å². The highest BCUT2D eigenvalue weighted by atomic mass is 16.6. The second-order valence-corrected chi connectivity index (χ2v) is 7.05. The van der Waals surface area contributed by atoms with Crippen molar-refractivity contribution in [2.24, 2.45) is 0 Å². The Morgan fingerprint density at radius 2 is 1.65 bits per heavy atom. The van der Waals surface area contributed by atoms with Gasteiger partial charge in [0.2, 0.25) is 0 Å². The molecule has 0 atom stereocenters. The van der Waals surface area contributed by atoms with Gasteiger partial charge in [-0.1, -0.05) is 30.3 Å². The lowest BCUT2D eigenvalue weighted by molar-refractivity contribution is -0.383. The summed E-state index contributed by atoms with van der Waals surface area (Å²) >= 11 is 0. The first-order valence-electron chi connectivity index (χ1n) is 9.95. The van der Waals surface area contributed by atoms with E-state index >= 15 is 0 Å². The molecule has 0 saturated carbocycles. The van der Waals surface area contributed by atoms with Crippen LogP contribution in [0.25, 0.3) is 0 Å². The van der Waals surface area contributed by atoms with Gasteiger partial charge in [0, 0.05) is 30.4 Å². The van der Waals surface area contributed by atoms with Crippen LogP contribution in [0.15, 0.2) is 72.8 Å². The van der Waals surface area contributed by atoms with Crippen molar-refractivity contribution in [3.63, 3.8) is 0 Å². The third-order valence-corrected chi connectivity index (χ3v) is 5.01. The molecular weight excluding hydrogens is 396 g/mol. The topological polar surface area (TPSA) is 96.7 Å². The molecule has 0 unspecified atom stereocenters. The number of benzene rings is 3. The standard InChI is InChI=1S/C23H22N4O4/c28-23(25-19-8-4-5-9-21(19)26-12-14-31-15-13-26)17-10-11-20(22(16-17)27(29)30)24-18-6-2-1-3-7-18/h1-11,16,24H,12-15H2,(H,25,28). The smallest absolute Gasteiger partial charge is 0.293 e. The summed E-state index contributed by atoms with van der Waals surface area (Å²) in [6, 6.07) is 21.1. The molecule has 1 heterocycles. The third-order valence-electron chi connectivity index (χ3n) is 5.01. The number of morpholine rings is 1. The quantitative estimate of drug-likeness (QED) is 0.454. The lowest BCUT2D eigenvalue weighted by Gasteiger charge is -2.30. The van der Waals surface area contributed by atoms with Gasteiger partial charge in [0.15, 0.2) is 0 Å². The van der Waals surface area contributed by atoms with Gasteiger partial charge < -0.3 is 20.3 Å². The molecule has 0 spiro atoms. The zero-order valence-corrected chi connectivity index (χ0v) is 16.8. The molecule has 158 valence electrons. The first-order chi connectivity index (χ1) is 15.1. The van der Waals surface area contributed by atoms with Crippen LogP contribution in [0.4, 0.5) is 28.4 Å². The lowest BCUT2D eigenvalue weighted by atomic mass is 10.1. The van der Waals surface area contributed by atoms with Gasteiger partial charge in [-0.3, -0.25) is 14.9 Å². The second-order valence-electron chi connectivity index (χ2n) is 7.05. The summed E-state index contributed by atoms with van der Waals surface area (Å²) in [6.07, 6.45) is 0. The number of nitro groups is 1. The largest absolute Gasteiger partial charge is 0.378 e. The molecule has 0 radical (unpaired) electrons. The number of hydrogen-bond donors (Lipinski definition) is 2. The Labute approximate surface area is 179 Å². The van der Waals surface area contributed by atoms with Gasteiger partial charge >= 0.3 is 0 Å². The SMILES string of the molecule is O=C(Nc1ccccc1N1CCOCC1)c1ccc(Nc2ccccc2)c([N+](=O)[O-])c1. The van der Waals surface area contributed by atoms with Crippen LogP contribution in [0.2, 0.25) is 0 Å². The van der Waals surface area contributed by atoms with Gasteiger partial charge in [0.25, 0.3) is 11.6 Å². The molecular formula is C23H22N4O4. The maximum Gasteiger partial charge on any atom is 0.293 e. The van der Waals surface area contributed by atoms with E-state index < -0.39 is 10.8 Å². The van der Waals surface area contributed by atoms with Gasteiger partial charge in [0.05, 0.1) is 29.5 Å². The molecule has 8 heteroatoms. The van der Waals surface area contributed by atoms with Crippen LogP contribution in [-0.4, -0.2) is 37.1 Å². The predicted molar refractivity (Wildman–Crippen MR) is 120 cm³/mol. The number of para-hydroxylation sites is 3. The van der Waals surface area contributed by atoms with Crippen molar-refractivity contribution in [1.29, 1.82) is 0 Å². The fourth-order valence-electron chi connectivity index (χ4n) is 3.46. The molecule has 3 aromatic carbocycles. The highest BCUT2D eigenvalue weighted by molar-refractivity contribution is 6.06. The fourth-order valence-corrected chi connectivity index (χ4v) is 3.46. The maximum absolute atomic E-state index is 12.9. The van der Waals surface area contributed by atoms with Crippen LogP contribution >= 0.6 is 0 Å². The van der Waals surface area contributed by atoms with Crippen LogP contribution in [0.3, 0.4) is 0 Å². The molecule has 2 N–H and O–H groups in total. The predicted octanol–water partition coefficient (Wildman–Crippen LogP) is 4.43. The minimum absolute atomic E-state index is 0.169. The number of nitrogens with zero attached hydrogens (tertiary/aromatic N) is 2. The van der Waals surface area contributed by atoms with Crippen molar-refractivity contribution in [2.45, 2.75) is 0 Å². The van der Waals surface area contributed by atoms with E-state index in [0.29, 0.717) is 24.6 Å². The summed E-state index contributed by atoms with van der Waals surface area (Å²) < 4.78 is 5.40. The monoisotopic (exact) mass is 418 g/mol. The van der Waals surface area contributed by atoms with Crippen LogP contribution in [-0.2, 0) is 4.74 Å². The molecule has 1 fully saturated rings. The average Bonchev–Trinajstić information content (AvgIpc) is 2.81. The molecule has 1 aliphatic rings. The number of nitrogens with one attached hydrogen (secondary N) is 2. The first kappa shape index (κ1) is 20.4. The highest BCUT2D eigenvalue weighted by Gasteiger charge is 2.20. The second kappa shape index (κ2) is 9.27. The molecule has 1 saturated heterocycles. The normalized spacial score (nSPS) is 13.5. The fraction of sp³-hybridized carbons (Fsp3) is 0.174. The van der Waals surface area contributed by atoms with E-state index in [1.165, 1.54) is 6.07 Å². The van der Waals surface area contributed by atoms with E-state index in [-0.39, 0.29) is 11.3 Å². The van der Waals surface area contributed by atoms with Crippen LogP contribution in [0, 0.1) is 10.1 Å². The number of carbonyl (C=O) groups is 1. The van der Waals surface area contributed by atoms with Crippen LogP contribution in [0.5, 0.6) is 0 Å². The summed E-state index contributed by atoms with van der Waals surface area (Å²) in [5.74, 6) is -0.407. The number of anilines is 4. The van der Waals surface area contributed by atoms with Crippen LogP contribution in [0.1, 0.15) is 10.4 Å². The minimum atomic E-state index is -0.496. The zero-order chi connectivity index (χ0) is 21.6. The van der Waals surface area contributed by atoms with Crippen molar-refractivity contribution in [3.05, 3.63) is 88.5 Å². The Kier molecular flexibility index (Phi) is 6.09. The van der Waals surface area contributed by atoms with Crippen molar-refractivity contribution < 1.29 is 14.5 Å². The minimum Gasteiger partial charge on any atom is -0.378 e. The maximum atomic E-state index is 12.9. The average molecular weight is 418 g/mol. The Bertz CT molecular complexity index is 1080. The Hall–Kier alpha value is -3.91. The molecule has 0 aromatic heterocycles.